The zero-order chi connectivity index (χ0) is 52.9. The second-order valence-electron chi connectivity index (χ2n) is 19.9. The van der Waals surface area contributed by atoms with Crippen molar-refractivity contribution in [3.05, 3.63) is 24.3 Å². The van der Waals surface area contributed by atoms with Crippen molar-refractivity contribution in [3.8, 4) is 0 Å². The van der Waals surface area contributed by atoms with Crippen LogP contribution in [0.1, 0.15) is 278 Å². The smallest absolute Gasteiger partial charge is 0.462 e. The average molecular weight is 1040 g/mol. The van der Waals surface area contributed by atoms with Gasteiger partial charge in [0.1, 0.15) is 12.4 Å². The van der Waals surface area contributed by atoms with E-state index >= 15 is 0 Å². The number of phosphoric ester groups is 1. The number of ketones is 1. The van der Waals surface area contributed by atoms with Gasteiger partial charge in [-0.1, -0.05) is 179 Å². The molecule has 0 spiro atoms. The topological polar surface area (TPSA) is 184 Å². The Morgan fingerprint density at radius 1 is 0.444 bits per heavy atom. The molecule has 0 aromatic heterocycles. The number of amides is 2. The van der Waals surface area contributed by atoms with Gasteiger partial charge >= 0.3 is 19.8 Å². The van der Waals surface area contributed by atoms with E-state index in [1.54, 1.807) is 6.92 Å². The maximum absolute atomic E-state index is 12.8. The molecular formula is C58H107N2O11P. The minimum atomic E-state index is -4.62. The van der Waals surface area contributed by atoms with Gasteiger partial charge in [-0.05, 0) is 90.4 Å². The zero-order valence-electron chi connectivity index (χ0n) is 46.2. The molecule has 0 radical (unpaired) electrons. The van der Waals surface area contributed by atoms with E-state index in [0.29, 0.717) is 32.2 Å². The number of unbranched alkanes of at least 4 members (excludes halogenated alkanes) is 29. The van der Waals surface area contributed by atoms with Gasteiger partial charge in [0.05, 0.1) is 13.2 Å². The summed E-state index contributed by atoms with van der Waals surface area (Å²) in [6.07, 6.45) is 48.3. The summed E-state index contributed by atoms with van der Waals surface area (Å²) in [5.41, 5.74) is 0. The molecule has 2 atom stereocenters. The number of carbonyl (C=O) groups excluding carboxylic acids is 5. The van der Waals surface area contributed by atoms with Crippen LogP contribution >= 0.6 is 7.82 Å². The first-order valence-corrected chi connectivity index (χ1v) is 30.8. The molecule has 0 aliphatic carbocycles. The maximum Gasteiger partial charge on any atom is 0.472 e. The van der Waals surface area contributed by atoms with Crippen LogP contribution in [-0.2, 0) is 47.1 Å². The van der Waals surface area contributed by atoms with Gasteiger partial charge < -0.3 is 29.8 Å². The quantitative estimate of drug-likeness (QED) is 0.0228. The fourth-order valence-electron chi connectivity index (χ4n) is 8.24. The van der Waals surface area contributed by atoms with Gasteiger partial charge in [-0.2, -0.15) is 0 Å². The van der Waals surface area contributed by atoms with Gasteiger partial charge in [0.15, 0.2) is 6.10 Å². The summed E-state index contributed by atoms with van der Waals surface area (Å²) in [6.45, 7) is 5.51. The minimum Gasteiger partial charge on any atom is -0.462 e. The van der Waals surface area contributed by atoms with Crippen LogP contribution in [0.2, 0.25) is 0 Å². The van der Waals surface area contributed by atoms with Crippen LogP contribution in [0, 0.1) is 0 Å². The number of phosphoric acid groups is 1. The Bertz CT molecular complexity index is 1420. The third kappa shape index (κ3) is 53.4. The number of hydrogen-bond donors (Lipinski definition) is 3. The molecule has 0 aromatic carbocycles. The molecule has 0 rings (SSSR count). The summed E-state index contributed by atoms with van der Waals surface area (Å²) in [5.74, 6) is -1.10. The summed E-state index contributed by atoms with van der Waals surface area (Å²) in [5, 5.41) is 5.52. The first-order chi connectivity index (χ1) is 35.0. The van der Waals surface area contributed by atoms with Gasteiger partial charge in [0.2, 0.25) is 11.8 Å². The fourth-order valence-corrected chi connectivity index (χ4v) is 8.99. The highest BCUT2D eigenvalue weighted by atomic mass is 31.2. The maximum atomic E-state index is 12.8. The molecule has 0 aliphatic rings. The molecule has 420 valence electrons. The molecule has 2 unspecified atom stereocenters. The van der Waals surface area contributed by atoms with E-state index in [0.717, 1.165) is 122 Å². The number of nitrogens with one attached hydrogen (secondary N) is 2. The highest BCUT2D eigenvalue weighted by Crippen LogP contribution is 2.43. The SMILES string of the molecule is CCCCCCCC/C=C\CCCCCCCC(=O)OCC(COP(=O)(O)OCCNC(=O)CCCC(=O)NCCCCCCCCCCC(C)=O)OC(=O)CCCCCCC/C=C\CCCCCCCC. The van der Waals surface area contributed by atoms with Crippen molar-refractivity contribution in [2.75, 3.05) is 32.9 Å². The number of rotatable bonds is 55. The molecule has 0 aromatic rings. The second-order valence-corrected chi connectivity index (χ2v) is 21.3. The number of carbonyl (C=O) groups is 5. The molecule has 0 saturated carbocycles. The van der Waals surface area contributed by atoms with E-state index in [1.165, 1.54) is 83.5 Å². The largest absolute Gasteiger partial charge is 0.472 e. The van der Waals surface area contributed by atoms with Gasteiger partial charge in [0, 0.05) is 45.2 Å². The Balaban J connectivity index is 4.56. The van der Waals surface area contributed by atoms with Crippen LogP contribution in [0.15, 0.2) is 24.3 Å². The lowest BCUT2D eigenvalue weighted by atomic mass is 10.1. The summed E-state index contributed by atoms with van der Waals surface area (Å²) in [6, 6.07) is 0. The molecular weight excluding hydrogens is 932 g/mol. The number of ether oxygens (including phenoxy) is 2. The lowest BCUT2D eigenvalue weighted by Gasteiger charge is -2.20. The molecule has 0 saturated heterocycles. The molecule has 3 N–H and O–H groups in total. The Morgan fingerprint density at radius 3 is 1.29 bits per heavy atom. The predicted octanol–water partition coefficient (Wildman–Crippen LogP) is 15.2. The van der Waals surface area contributed by atoms with Crippen molar-refractivity contribution in [2.24, 2.45) is 0 Å². The third-order valence-electron chi connectivity index (χ3n) is 12.7. The van der Waals surface area contributed by atoms with Crippen molar-refractivity contribution in [3.63, 3.8) is 0 Å². The molecule has 13 nitrogen and oxygen atoms in total. The first kappa shape index (κ1) is 69.1. The predicted molar refractivity (Wildman–Crippen MR) is 294 cm³/mol. The van der Waals surface area contributed by atoms with Crippen LogP contribution in [0.5, 0.6) is 0 Å². The van der Waals surface area contributed by atoms with Gasteiger partial charge in [-0.3, -0.25) is 28.2 Å². The summed E-state index contributed by atoms with van der Waals surface area (Å²) in [4.78, 5) is 71.4. The number of allylic oxidation sites excluding steroid dienone is 4. The van der Waals surface area contributed by atoms with E-state index in [4.69, 9.17) is 18.5 Å². The number of Topliss-reactive ketones (excluding diaryl/α,β-unsaturated/α-hetero) is 1. The fraction of sp³-hybridized carbons (Fsp3) is 0.845. The number of esters is 2. The van der Waals surface area contributed by atoms with Crippen LogP contribution < -0.4 is 10.6 Å². The van der Waals surface area contributed by atoms with Crippen molar-refractivity contribution in [1.29, 1.82) is 0 Å². The molecule has 0 fully saturated rings. The Hall–Kier alpha value is -2.86. The average Bonchev–Trinajstić information content (AvgIpc) is 3.35. The molecule has 2 amide bonds. The highest BCUT2D eigenvalue weighted by Gasteiger charge is 2.26. The van der Waals surface area contributed by atoms with E-state index in [9.17, 15) is 33.4 Å². The van der Waals surface area contributed by atoms with Crippen LogP contribution in [-0.4, -0.2) is 73.4 Å². The molecule has 0 aliphatic heterocycles. The van der Waals surface area contributed by atoms with Gasteiger partial charge in [-0.15, -0.1) is 0 Å². The Kier molecular flexibility index (Phi) is 50.9. The van der Waals surface area contributed by atoms with Crippen molar-refractivity contribution in [2.45, 2.75) is 284 Å². The standard InChI is InChI=1S/C58H107N2O11P/c1-4-6-8-10-12-14-16-18-20-22-24-26-31-35-39-46-57(64)68-51-54(71-58(65)47-40-36-32-27-25-23-21-19-17-15-13-11-9-7-5-2)52-70-72(66,67)69-50-49-60-56(63)45-42-44-55(62)59-48-41-37-33-29-28-30-34-38-43-53(3)61/h18-21,54H,4-17,22-52H2,1-3H3,(H,59,62)(H,60,63)(H,66,67)/b20-18-,21-19-. The number of hydrogen-bond acceptors (Lipinski definition) is 10. The highest BCUT2D eigenvalue weighted by molar-refractivity contribution is 7.47. The molecule has 14 heteroatoms. The minimum absolute atomic E-state index is 0.0559. The van der Waals surface area contributed by atoms with Crippen molar-refractivity contribution in [1.82, 2.24) is 10.6 Å². The van der Waals surface area contributed by atoms with E-state index in [2.05, 4.69) is 48.8 Å². The van der Waals surface area contributed by atoms with Crippen LogP contribution in [0.4, 0.5) is 0 Å². The normalized spacial score (nSPS) is 12.8. The summed E-state index contributed by atoms with van der Waals surface area (Å²) in [7, 11) is -4.62. The van der Waals surface area contributed by atoms with E-state index in [1.807, 2.05) is 0 Å². The molecule has 0 heterocycles. The summed E-state index contributed by atoms with van der Waals surface area (Å²) >= 11 is 0. The second kappa shape index (κ2) is 53.0. The molecule has 72 heavy (non-hydrogen) atoms. The van der Waals surface area contributed by atoms with Crippen LogP contribution in [0.3, 0.4) is 0 Å². The van der Waals surface area contributed by atoms with Gasteiger partial charge in [-0.25, -0.2) is 4.57 Å². The summed E-state index contributed by atoms with van der Waals surface area (Å²) < 4.78 is 34.0. The lowest BCUT2D eigenvalue weighted by Crippen LogP contribution is -2.30. The monoisotopic (exact) mass is 1040 g/mol. The Morgan fingerprint density at radius 2 is 0.833 bits per heavy atom. The molecule has 0 bridgehead atoms. The van der Waals surface area contributed by atoms with Gasteiger partial charge in [0.25, 0.3) is 0 Å². The van der Waals surface area contributed by atoms with Crippen LogP contribution in [0.25, 0.3) is 0 Å². The van der Waals surface area contributed by atoms with Crippen molar-refractivity contribution < 1.29 is 52.0 Å². The van der Waals surface area contributed by atoms with E-state index in [-0.39, 0.29) is 63.0 Å². The van der Waals surface area contributed by atoms with E-state index < -0.39 is 32.5 Å². The lowest BCUT2D eigenvalue weighted by molar-refractivity contribution is -0.161. The first-order valence-electron chi connectivity index (χ1n) is 29.3. The third-order valence-corrected chi connectivity index (χ3v) is 13.7. The zero-order valence-corrected chi connectivity index (χ0v) is 47.1. The van der Waals surface area contributed by atoms with Crippen molar-refractivity contribution >= 4 is 37.4 Å². The Labute approximate surface area is 439 Å².